The van der Waals surface area contributed by atoms with Crippen LogP contribution in [0.5, 0.6) is 23.0 Å². The van der Waals surface area contributed by atoms with E-state index in [2.05, 4.69) is 15.5 Å². The average molecular weight is 618 g/mol. The van der Waals surface area contributed by atoms with Crippen LogP contribution in [0.3, 0.4) is 0 Å². The van der Waals surface area contributed by atoms with Gasteiger partial charge in [-0.05, 0) is 49.2 Å². The Morgan fingerprint density at radius 1 is 0.907 bits per heavy atom. The largest absolute Gasteiger partial charge is 0.497 e. The quantitative estimate of drug-likeness (QED) is 0.238. The number of benzene rings is 3. The van der Waals surface area contributed by atoms with Crippen molar-refractivity contribution in [3.63, 3.8) is 0 Å². The van der Waals surface area contributed by atoms with Crippen molar-refractivity contribution in [2.24, 2.45) is 0 Å². The SMILES string of the molecule is COc1ccc2c(c1)CCN2C(=S)SCC(=O)Nc1nnc(-c2ccc(C)cc2)c(-c2cc(OC)c(OC)c(OC)c2)n1. The molecule has 0 radical (unpaired) electrons. The highest BCUT2D eigenvalue weighted by Gasteiger charge is 2.24. The predicted molar refractivity (Wildman–Crippen MR) is 173 cm³/mol. The number of nitrogens with zero attached hydrogens (tertiary/aromatic N) is 4. The van der Waals surface area contributed by atoms with E-state index in [4.69, 9.17) is 36.1 Å². The van der Waals surface area contributed by atoms with Gasteiger partial charge < -0.3 is 23.8 Å². The lowest BCUT2D eigenvalue weighted by atomic mass is 10.0. The topological polar surface area (TPSA) is 108 Å². The first-order valence-corrected chi connectivity index (χ1v) is 14.8. The summed E-state index contributed by atoms with van der Waals surface area (Å²) in [5.41, 5.74) is 5.79. The second-order valence-electron chi connectivity index (χ2n) is 9.61. The molecule has 0 saturated heterocycles. The summed E-state index contributed by atoms with van der Waals surface area (Å²) in [6, 6.07) is 17.4. The number of fused-ring (bicyclic) bond motifs is 1. The monoisotopic (exact) mass is 617 g/mol. The third-order valence-corrected chi connectivity index (χ3v) is 8.38. The Balaban J connectivity index is 1.38. The van der Waals surface area contributed by atoms with Crippen LogP contribution >= 0.6 is 24.0 Å². The van der Waals surface area contributed by atoms with E-state index in [0.717, 1.165) is 35.5 Å². The van der Waals surface area contributed by atoms with Crippen LogP contribution in [0, 0.1) is 6.92 Å². The molecular formula is C31H31N5O5S2. The highest BCUT2D eigenvalue weighted by atomic mass is 32.2. The number of carbonyl (C=O) groups excluding carboxylic acids is 1. The first-order valence-electron chi connectivity index (χ1n) is 13.4. The van der Waals surface area contributed by atoms with E-state index in [-0.39, 0.29) is 17.6 Å². The summed E-state index contributed by atoms with van der Waals surface area (Å²) in [4.78, 5) is 19.8. The van der Waals surface area contributed by atoms with Crippen molar-refractivity contribution >= 4 is 45.8 Å². The molecule has 0 fully saturated rings. The summed E-state index contributed by atoms with van der Waals surface area (Å²) in [7, 11) is 6.29. The van der Waals surface area contributed by atoms with Crippen molar-refractivity contribution in [2.75, 3.05) is 51.0 Å². The number of amides is 1. The molecular weight excluding hydrogens is 587 g/mol. The maximum atomic E-state index is 13.0. The molecule has 43 heavy (non-hydrogen) atoms. The maximum Gasteiger partial charge on any atom is 0.250 e. The van der Waals surface area contributed by atoms with Crippen LogP contribution in [0.1, 0.15) is 11.1 Å². The molecule has 0 atom stereocenters. The summed E-state index contributed by atoms with van der Waals surface area (Å²) < 4.78 is 22.6. The van der Waals surface area contributed by atoms with E-state index < -0.39 is 0 Å². The number of hydrogen-bond acceptors (Lipinski definition) is 10. The molecule has 1 aliphatic heterocycles. The number of hydrogen-bond donors (Lipinski definition) is 1. The van der Waals surface area contributed by atoms with Gasteiger partial charge in [-0.25, -0.2) is 4.98 Å². The third kappa shape index (κ3) is 6.50. The molecule has 3 aromatic carbocycles. The van der Waals surface area contributed by atoms with E-state index in [9.17, 15) is 4.79 Å². The molecule has 222 valence electrons. The number of thiocarbonyl (C=S) groups is 1. The molecule has 1 N–H and O–H groups in total. The standard InChI is InChI=1S/C31H31N5O5S2/c1-18-6-8-19(9-7-18)28-27(21-15-24(39-3)29(41-5)25(16-21)40-4)33-30(35-34-28)32-26(37)17-43-31(42)36-13-12-20-14-22(38-2)10-11-23(20)36/h6-11,14-16H,12-13,17H2,1-5H3,(H,32,33,35,37). The Hall–Kier alpha value is -4.42. The Morgan fingerprint density at radius 2 is 1.63 bits per heavy atom. The van der Waals surface area contributed by atoms with Gasteiger partial charge in [0.05, 0.1) is 34.2 Å². The van der Waals surface area contributed by atoms with Gasteiger partial charge in [0, 0.05) is 23.4 Å². The number of aromatic nitrogens is 3. The number of nitrogens with one attached hydrogen (secondary N) is 1. The van der Waals surface area contributed by atoms with E-state index in [0.29, 0.717) is 38.5 Å². The average Bonchev–Trinajstić information content (AvgIpc) is 3.46. The van der Waals surface area contributed by atoms with Gasteiger partial charge in [0.25, 0.3) is 0 Å². The number of methoxy groups -OCH3 is 4. The van der Waals surface area contributed by atoms with Crippen LogP contribution in [-0.2, 0) is 11.2 Å². The van der Waals surface area contributed by atoms with Crippen molar-refractivity contribution in [3.05, 3.63) is 65.7 Å². The number of carbonyl (C=O) groups is 1. The van der Waals surface area contributed by atoms with Gasteiger partial charge in [-0.2, -0.15) is 0 Å². The number of aryl methyl sites for hydroxylation is 1. The van der Waals surface area contributed by atoms with Gasteiger partial charge in [-0.3, -0.25) is 10.1 Å². The molecule has 0 bridgehead atoms. The zero-order chi connectivity index (χ0) is 30.5. The molecule has 0 aliphatic carbocycles. The van der Waals surface area contributed by atoms with Crippen molar-refractivity contribution in [2.45, 2.75) is 13.3 Å². The number of rotatable bonds is 9. The number of thioether (sulfide) groups is 1. The van der Waals surface area contributed by atoms with Crippen molar-refractivity contribution in [1.29, 1.82) is 0 Å². The molecule has 1 aromatic heterocycles. The summed E-state index contributed by atoms with van der Waals surface area (Å²) in [6.07, 6.45) is 0.857. The third-order valence-electron chi connectivity index (χ3n) is 6.93. The second-order valence-corrected chi connectivity index (χ2v) is 11.2. The molecule has 4 aromatic rings. The van der Waals surface area contributed by atoms with Gasteiger partial charge in [-0.1, -0.05) is 53.8 Å². The number of ether oxygens (including phenoxy) is 4. The van der Waals surface area contributed by atoms with Crippen LogP contribution in [0.4, 0.5) is 11.6 Å². The van der Waals surface area contributed by atoms with Crippen LogP contribution in [0.25, 0.3) is 22.5 Å². The normalized spacial score (nSPS) is 12.0. The summed E-state index contributed by atoms with van der Waals surface area (Å²) >= 11 is 6.95. The van der Waals surface area contributed by atoms with Crippen LogP contribution in [0.2, 0.25) is 0 Å². The molecule has 0 saturated carbocycles. The van der Waals surface area contributed by atoms with Crippen molar-refractivity contribution in [3.8, 4) is 45.5 Å². The van der Waals surface area contributed by atoms with Gasteiger partial charge in [0.15, 0.2) is 11.5 Å². The zero-order valence-electron chi connectivity index (χ0n) is 24.5. The fourth-order valence-corrected chi connectivity index (χ4v) is 5.80. The second kappa shape index (κ2) is 13.3. The lowest BCUT2D eigenvalue weighted by molar-refractivity contribution is -0.113. The van der Waals surface area contributed by atoms with Crippen molar-refractivity contribution in [1.82, 2.24) is 15.2 Å². The molecule has 1 aliphatic rings. The smallest absolute Gasteiger partial charge is 0.250 e. The molecule has 1 amide bonds. The maximum absolute atomic E-state index is 13.0. The van der Waals surface area contributed by atoms with Crippen LogP contribution < -0.4 is 29.2 Å². The van der Waals surface area contributed by atoms with Gasteiger partial charge in [-0.15, -0.1) is 10.2 Å². The van der Waals surface area contributed by atoms with E-state index in [1.807, 2.05) is 54.3 Å². The minimum Gasteiger partial charge on any atom is -0.497 e. The molecule has 0 spiro atoms. The highest BCUT2D eigenvalue weighted by Crippen LogP contribution is 2.42. The molecule has 0 unspecified atom stereocenters. The molecule has 2 heterocycles. The summed E-state index contributed by atoms with van der Waals surface area (Å²) in [5, 5.41) is 11.5. The lowest BCUT2D eigenvalue weighted by Crippen LogP contribution is -2.26. The van der Waals surface area contributed by atoms with Gasteiger partial charge >= 0.3 is 0 Å². The van der Waals surface area contributed by atoms with Gasteiger partial charge in [0.2, 0.25) is 17.6 Å². The predicted octanol–water partition coefficient (Wildman–Crippen LogP) is 5.57. The lowest BCUT2D eigenvalue weighted by Gasteiger charge is -2.19. The number of anilines is 2. The molecule has 10 nitrogen and oxygen atoms in total. The van der Waals surface area contributed by atoms with Crippen LogP contribution in [-0.4, -0.2) is 66.1 Å². The van der Waals surface area contributed by atoms with E-state index in [1.54, 1.807) is 40.6 Å². The Morgan fingerprint density at radius 3 is 2.28 bits per heavy atom. The first kappa shape index (κ1) is 30.1. The first-order chi connectivity index (χ1) is 20.8. The minimum atomic E-state index is -0.303. The molecule has 5 rings (SSSR count). The fraction of sp³-hybridized carbons (Fsp3) is 0.258. The fourth-order valence-electron chi connectivity index (χ4n) is 4.76. The van der Waals surface area contributed by atoms with E-state index >= 15 is 0 Å². The Labute approximate surface area is 259 Å². The summed E-state index contributed by atoms with van der Waals surface area (Å²) in [6.45, 7) is 2.76. The highest BCUT2D eigenvalue weighted by molar-refractivity contribution is 8.23. The molecule has 12 heteroatoms. The van der Waals surface area contributed by atoms with Crippen molar-refractivity contribution < 1.29 is 23.7 Å². The van der Waals surface area contributed by atoms with E-state index in [1.165, 1.54) is 17.3 Å². The van der Waals surface area contributed by atoms with Crippen LogP contribution in [0.15, 0.2) is 54.6 Å². The minimum absolute atomic E-state index is 0.0646. The zero-order valence-corrected chi connectivity index (χ0v) is 26.1. The Kier molecular flexibility index (Phi) is 9.27. The van der Waals surface area contributed by atoms with Gasteiger partial charge in [0.1, 0.15) is 21.5 Å². The Bertz CT molecular complexity index is 1640. The summed E-state index contributed by atoms with van der Waals surface area (Å²) in [5.74, 6) is 2.03.